The zero-order chi connectivity index (χ0) is 27.9. The van der Waals surface area contributed by atoms with Crippen LogP contribution in [0.2, 0.25) is 0 Å². The molecule has 3 aromatic carbocycles. The average Bonchev–Trinajstić information content (AvgIpc) is 3.26. The topological polar surface area (TPSA) is 70.0 Å². The number of hydrogen-bond acceptors (Lipinski definition) is 4. The Morgan fingerprint density at radius 3 is 2.55 bits per heavy atom. The van der Waals surface area contributed by atoms with Gasteiger partial charge < -0.3 is 24.6 Å². The van der Waals surface area contributed by atoms with Crippen molar-refractivity contribution in [1.29, 1.82) is 0 Å². The first-order chi connectivity index (χ1) is 19.4. The SMILES string of the molecule is COc1ccc2c3c(n(C)c2c1)[C@H](CO)N(Cc1ccccc1)CC31CCN(C(=O)Nc2cccc(F)c2)CC1. The molecule has 1 spiro atoms. The van der Waals surface area contributed by atoms with Gasteiger partial charge in [-0.05, 0) is 54.3 Å². The molecule has 0 aliphatic carbocycles. The van der Waals surface area contributed by atoms with Gasteiger partial charge in [0.05, 0.1) is 25.3 Å². The van der Waals surface area contributed by atoms with Crippen molar-refractivity contribution in [2.24, 2.45) is 7.05 Å². The quantitative estimate of drug-likeness (QED) is 0.352. The molecule has 2 N–H and O–H groups in total. The first kappa shape index (κ1) is 26.3. The first-order valence-corrected chi connectivity index (χ1v) is 13.8. The van der Waals surface area contributed by atoms with Gasteiger partial charge in [0.2, 0.25) is 0 Å². The molecule has 1 fully saturated rings. The molecule has 40 heavy (non-hydrogen) atoms. The number of aryl methyl sites for hydroxylation is 1. The predicted molar refractivity (Wildman–Crippen MR) is 154 cm³/mol. The number of amides is 2. The summed E-state index contributed by atoms with van der Waals surface area (Å²) in [7, 11) is 3.75. The summed E-state index contributed by atoms with van der Waals surface area (Å²) in [5.74, 6) is 0.416. The zero-order valence-electron chi connectivity index (χ0n) is 22.9. The minimum Gasteiger partial charge on any atom is -0.497 e. The van der Waals surface area contributed by atoms with E-state index in [2.05, 4.69) is 46.1 Å². The van der Waals surface area contributed by atoms with E-state index in [1.807, 2.05) is 29.2 Å². The molecule has 1 aromatic heterocycles. The van der Waals surface area contributed by atoms with Crippen LogP contribution in [0.5, 0.6) is 5.75 Å². The van der Waals surface area contributed by atoms with Gasteiger partial charge in [0, 0.05) is 61.5 Å². The highest BCUT2D eigenvalue weighted by Gasteiger charge is 2.48. The van der Waals surface area contributed by atoms with Crippen LogP contribution in [-0.2, 0) is 19.0 Å². The lowest BCUT2D eigenvalue weighted by Crippen LogP contribution is -2.55. The van der Waals surface area contributed by atoms with Gasteiger partial charge in [-0.25, -0.2) is 9.18 Å². The number of urea groups is 1. The van der Waals surface area contributed by atoms with Gasteiger partial charge in [-0.2, -0.15) is 0 Å². The lowest BCUT2D eigenvalue weighted by molar-refractivity contribution is 0.0476. The first-order valence-electron chi connectivity index (χ1n) is 13.8. The second kappa shape index (κ2) is 10.6. The molecular formula is C32H35FN4O3. The van der Waals surface area contributed by atoms with E-state index in [-0.39, 0.29) is 29.9 Å². The molecule has 3 heterocycles. The van der Waals surface area contributed by atoms with Crippen LogP contribution in [0, 0.1) is 5.82 Å². The number of benzene rings is 3. The molecule has 2 aliphatic heterocycles. The van der Waals surface area contributed by atoms with Gasteiger partial charge in [-0.1, -0.05) is 36.4 Å². The number of aliphatic hydroxyl groups excluding tert-OH is 1. The van der Waals surface area contributed by atoms with Gasteiger partial charge >= 0.3 is 6.03 Å². The maximum Gasteiger partial charge on any atom is 0.321 e. The Labute approximate surface area is 233 Å². The second-order valence-electron chi connectivity index (χ2n) is 11.0. The molecule has 1 atom stereocenters. The summed E-state index contributed by atoms with van der Waals surface area (Å²) < 4.78 is 21.4. The van der Waals surface area contributed by atoms with Crippen molar-refractivity contribution >= 4 is 22.6 Å². The number of nitrogens with one attached hydrogen (secondary N) is 1. The van der Waals surface area contributed by atoms with E-state index in [1.54, 1.807) is 19.2 Å². The summed E-state index contributed by atoms with van der Waals surface area (Å²) >= 11 is 0. The van der Waals surface area contributed by atoms with Crippen LogP contribution in [0.3, 0.4) is 0 Å². The smallest absolute Gasteiger partial charge is 0.321 e. The average molecular weight is 543 g/mol. The van der Waals surface area contributed by atoms with Crippen LogP contribution < -0.4 is 10.1 Å². The molecule has 0 bridgehead atoms. The van der Waals surface area contributed by atoms with Crippen LogP contribution in [0.4, 0.5) is 14.9 Å². The van der Waals surface area contributed by atoms with E-state index < -0.39 is 0 Å². The molecule has 6 rings (SSSR count). The van der Waals surface area contributed by atoms with Crippen molar-refractivity contribution < 1.29 is 19.0 Å². The zero-order valence-corrected chi connectivity index (χ0v) is 22.9. The van der Waals surface area contributed by atoms with E-state index in [9.17, 15) is 14.3 Å². The number of fused-ring (bicyclic) bond motifs is 4. The number of piperidine rings is 1. The molecule has 0 unspecified atom stereocenters. The summed E-state index contributed by atoms with van der Waals surface area (Å²) in [5, 5.41) is 14.8. The van der Waals surface area contributed by atoms with Gasteiger partial charge in [-0.3, -0.25) is 4.90 Å². The summed E-state index contributed by atoms with van der Waals surface area (Å²) in [6.45, 7) is 2.68. The lowest BCUT2D eigenvalue weighted by Gasteiger charge is -2.50. The number of nitrogens with zero attached hydrogens (tertiary/aromatic N) is 3. The Morgan fingerprint density at radius 2 is 1.85 bits per heavy atom. The number of halogens is 1. The molecule has 0 saturated carbocycles. The summed E-state index contributed by atoms with van der Waals surface area (Å²) in [5.41, 5.74) is 4.95. The maximum atomic E-state index is 13.7. The van der Waals surface area contributed by atoms with Crippen LogP contribution in [0.25, 0.3) is 10.9 Å². The third-order valence-electron chi connectivity index (χ3n) is 8.73. The number of carbonyl (C=O) groups is 1. The number of ether oxygens (including phenoxy) is 1. The number of hydrogen-bond donors (Lipinski definition) is 2. The van der Waals surface area contributed by atoms with Crippen molar-refractivity contribution in [2.75, 3.05) is 38.7 Å². The lowest BCUT2D eigenvalue weighted by atomic mass is 9.68. The van der Waals surface area contributed by atoms with Gasteiger partial charge in [0.1, 0.15) is 11.6 Å². The highest BCUT2D eigenvalue weighted by Crippen LogP contribution is 2.50. The minimum atomic E-state index is -0.380. The third kappa shape index (κ3) is 4.61. The number of aromatic nitrogens is 1. The fraction of sp³-hybridized carbons (Fsp3) is 0.344. The van der Waals surface area contributed by atoms with Crippen LogP contribution in [0.1, 0.15) is 35.7 Å². The highest BCUT2D eigenvalue weighted by atomic mass is 19.1. The number of methoxy groups -OCH3 is 1. The fourth-order valence-corrected chi connectivity index (χ4v) is 6.76. The molecule has 8 heteroatoms. The van der Waals surface area contributed by atoms with E-state index in [0.29, 0.717) is 18.8 Å². The molecular weight excluding hydrogens is 507 g/mol. The Bertz CT molecular complexity index is 1530. The number of rotatable bonds is 5. The van der Waals surface area contributed by atoms with Gasteiger partial charge in [0.15, 0.2) is 0 Å². The standard InChI is InChI=1S/C32H35FN4O3/c1-35-27-18-25(40-2)11-12-26(27)29-30(35)28(20-38)37(19-22-7-4-3-5-8-22)21-32(29)13-15-36(16-14-32)31(39)34-24-10-6-9-23(33)17-24/h3-12,17-18,28,38H,13-16,19-21H2,1-2H3,(H,34,39)/t28-/m0/s1. The molecule has 1 saturated heterocycles. The summed E-state index contributed by atoms with van der Waals surface area (Å²) in [6.07, 6.45) is 1.57. The third-order valence-corrected chi connectivity index (χ3v) is 8.73. The summed E-state index contributed by atoms with van der Waals surface area (Å²) in [6, 6.07) is 22.2. The Kier molecular flexibility index (Phi) is 6.98. The normalized spacial score (nSPS) is 18.6. The second-order valence-corrected chi connectivity index (χ2v) is 11.0. The largest absolute Gasteiger partial charge is 0.497 e. The van der Waals surface area contributed by atoms with Crippen molar-refractivity contribution in [3.05, 3.63) is 95.4 Å². The Balaban J connectivity index is 1.36. The van der Waals surface area contributed by atoms with Crippen molar-refractivity contribution in [3.8, 4) is 5.75 Å². The van der Waals surface area contributed by atoms with Crippen molar-refractivity contribution in [3.63, 3.8) is 0 Å². The van der Waals surface area contributed by atoms with Gasteiger partial charge in [-0.15, -0.1) is 0 Å². The van der Waals surface area contributed by atoms with Crippen LogP contribution >= 0.6 is 0 Å². The number of carbonyl (C=O) groups excluding carboxylic acids is 1. The minimum absolute atomic E-state index is 0.0133. The van der Waals surface area contributed by atoms with E-state index in [1.165, 1.54) is 28.6 Å². The maximum absolute atomic E-state index is 13.7. The number of aliphatic hydroxyl groups is 1. The molecule has 4 aromatic rings. The van der Waals surface area contributed by atoms with Crippen LogP contribution in [0.15, 0.2) is 72.8 Å². The number of likely N-dealkylation sites (tertiary alicyclic amines) is 1. The van der Waals surface area contributed by atoms with Crippen molar-refractivity contribution in [2.45, 2.75) is 30.8 Å². The molecule has 208 valence electrons. The predicted octanol–water partition coefficient (Wildman–Crippen LogP) is 5.44. The van der Waals surface area contributed by atoms with Crippen molar-refractivity contribution in [1.82, 2.24) is 14.4 Å². The van der Waals surface area contributed by atoms with E-state index >= 15 is 0 Å². The monoisotopic (exact) mass is 542 g/mol. The molecule has 7 nitrogen and oxygen atoms in total. The fourth-order valence-electron chi connectivity index (χ4n) is 6.76. The Hall–Kier alpha value is -3.88. The Morgan fingerprint density at radius 1 is 1.07 bits per heavy atom. The molecule has 2 aliphatic rings. The van der Waals surface area contributed by atoms with E-state index in [0.717, 1.165) is 42.9 Å². The van der Waals surface area contributed by atoms with E-state index in [4.69, 9.17) is 4.74 Å². The van der Waals surface area contributed by atoms with Crippen LogP contribution in [-0.4, -0.2) is 58.9 Å². The summed E-state index contributed by atoms with van der Waals surface area (Å²) in [4.78, 5) is 17.3. The van der Waals surface area contributed by atoms with Gasteiger partial charge in [0.25, 0.3) is 0 Å². The highest BCUT2D eigenvalue weighted by molar-refractivity contribution is 5.90. The molecule has 2 amide bonds. The number of anilines is 1. The molecule has 0 radical (unpaired) electrons.